The van der Waals surface area contributed by atoms with E-state index in [2.05, 4.69) is 5.32 Å². The summed E-state index contributed by atoms with van der Waals surface area (Å²) in [5.41, 5.74) is 6.08. The predicted molar refractivity (Wildman–Crippen MR) is 65.9 cm³/mol. The van der Waals surface area contributed by atoms with Crippen LogP contribution in [0.1, 0.15) is 18.6 Å². The zero-order chi connectivity index (χ0) is 14.0. The minimum Gasteiger partial charge on any atom is -0.481 e. The topological polar surface area (TPSA) is 111 Å². The second kappa shape index (κ2) is 5.25. The fourth-order valence-corrected chi connectivity index (χ4v) is 1.80. The van der Waals surface area contributed by atoms with Gasteiger partial charge < -0.3 is 25.6 Å². The number of carbonyl (C=O) groups is 2. The summed E-state index contributed by atoms with van der Waals surface area (Å²) >= 11 is 0. The number of aliphatic hydroxyl groups is 1. The van der Waals surface area contributed by atoms with E-state index in [1.165, 1.54) is 13.0 Å². The molecule has 0 saturated heterocycles. The Morgan fingerprint density at radius 3 is 3.00 bits per heavy atom. The molecule has 0 spiro atoms. The molecule has 1 unspecified atom stereocenters. The molecule has 0 bridgehead atoms. The van der Waals surface area contributed by atoms with Gasteiger partial charge in [-0.15, -0.1) is 0 Å². The third-order valence-electron chi connectivity index (χ3n) is 2.60. The standard InChI is InChI=1S/C12H14N2O5/c1-6(15)19-9-3-2-7(8(16)4-13)12-11(9)14-10(17)5-18-12/h2-3,8,16H,4-5,13H2,1H3,(H,14,17). The van der Waals surface area contributed by atoms with Crippen LogP contribution in [0.25, 0.3) is 0 Å². The Morgan fingerprint density at radius 2 is 2.37 bits per heavy atom. The first-order chi connectivity index (χ1) is 9.02. The highest BCUT2D eigenvalue weighted by Gasteiger charge is 2.26. The molecule has 1 heterocycles. The lowest BCUT2D eigenvalue weighted by atomic mass is 10.1. The third kappa shape index (κ3) is 2.67. The van der Waals surface area contributed by atoms with Crippen molar-refractivity contribution in [2.45, 2.75) is 13.0 Å². The van der Waals surface area contributed by atoms with Gasteiger partial charge in [0.25, 0.3) is 5.91 Å². The van der Waals surface area contributed by atoms with E-state index in [1.54, 1.807) is 6.07 Å². The first-order valence-electron chi connectivity index (χ1n) is 5.69. The minimum absolute atomic E-state index is 0.0106. The second-order valence-electron chi connectivity index (χ2n) is 4.04. The van der Waals surface area contributed by atoms with Crippen LogP contribution in [-0.2, 0) is 9.59 Å². The fourth-order valence-electron chi connectivity index (χ4n) is 1.80. The smallest absolute Gasteiger partial charge is 0.308 e. The number of hydrogen-bond acceptors (Lipinski definition) is 6. The largest absolute Gasteiger partial charge is 0.481 e. The Kier molecular flexibility index (Phi) is 3.68. The Labute approximate surface area is 109 Å². The third-order valence-corrected chi connectivity index (χ3v) is 2.60. The number of nitrogens with one attached hydrogen (secondary N) is 1. The van der Waals surface area contributed by atoms with Crippen LogP contribution in [0.5, 0.6) is 11.5 Å². The van der Waals surface area contributed by atoms with E-state index in [0.717, 1.165) is 0 Å². The van der Waals surface area contributed by atoms with Crippen molar-refractivity contribution in [2.24, 2.45) is 5.73 Å². The van der Waals surface area contributed by atoms with Crippen LogP contribution in [0.15, 0.2) is 12.1 Å². The number of benzene rings is 1. The average Bonchev–Trinajstić information content (AvgIpc) is 2.38. The van der Waals surface area contributed by atoms with E-state index < -0.39 is 12.1 Å². The highest BCUT2D eigenvalue weighted by molar-refractivity contribution is 5.98. The van der Waals surface area contributed by atoms with Gasteiger partial charge in [-0.25, -0.2) is 0 Å². The Morgan fingerprint density at radius 1 is 1.63 bits per heavy atom. The Balaban J connectivity index is 2.50. The van der Waals surface area contributed by atoms with Crippen molar-refractivity contribution >= 4 is 17.6 Å². The lowest BCUT2D eigenvalue weighted by Crippen LogP contribution is -2.27. The number of carbonyl (C=O) groups excluding carboxylic acids is 2. The summed E-state index contributed by atoms with van der Waals surface area (Å²) in [6.45, 7) is 1.10. The summed E-state index contributed by atoms with van der Waals surface area (Å²) in [6, 6.07) is 3.02. The molecule has 1 aromatic rings. The van der Waals surface area contributed by atoms with Gasteiger partial charge in [0.05, 0.1) is 6.10 Å². The van der Waals surface area contributed by atoms with Crippen molar-refractivity contribution in [3.63, 3.8) is 0 Å². The van der Waals surface area contributed by atoms with E-state index in [1.807, 2.05) is 0 Å². The average molecular weight is 266 g/mol. The molecule has 102 valence electrons. The lowest BCUT2D eigenvalue weighted by Gasteiger charge is -2.24. The van der Waals surface area contributed by atoms with E-state index in [9.17, 15) is 14.7 Å². The molecule has 1 atom stereocenters. The predicted octanol–water partition coefficient (Wildman–Crippen LogP) is -0.0651. The van der Waals surface area contributed by atoms with Gasteiger partial charge in [0, 0.05) is 19.0 Å². The Bertz CT molecular complexity index is 529. The first kappa shape index (κ1) is 13.3. The van der Waals surface area contributed by atoms with E-state index >= 15 is 0 Å². The molecule has 1 aliphatic rings. The molecule has 1 aliphatic heterocycles. The summed E-state index contributed by atoms with van der Waals surface area (Å²) in [6.07, 6.45) is -0.921. The summed E-state index contributed by atoms with van der Waals surface area (Å²) in [5, 5.41) is 12.4. The fraction of sp³-hybridized carbons (Fsp3) is 0.333. The van der Waals surface area contributed by atoms with Crippen LogP contribution in [0.4, 0.5) is 5.69 Å². The maximum Gasteiger partial charge on any atom is 0.308 e. The van der Waals surface area contributed by atoms with Crippen LogP contribution in [0.2, 0.25) is 0 Å². The number of anilines is 1. The molecule has 19 heavy (non-hydrogen) atoms. The SMILES string of the molecule is CC(=O)Oc1ccc(C(O)CN)c2c1NC(=O)CO2. The van der Waals surface area contributed by atoms with E-state index in [-0.39, 0.29) is 36.2 Å². The number of hydrogen-bond donors (Lipinski definition) is 3. The van der Waals surface area contributed by atoms with Crippen LogP contribution in [-0.4, -0.2) is 30.1 Å². The summed E-state index contributed by atoms with van der Waals surface area (Å²) in [5.74, 6) is -0.436. The molecular weight excluding hydrogens is 252 g/mol. The summed E-state index contributed by atoms with van der Waals surface area (Å²) < 4.78 is 10.3. The quantitative estimate of drug-likeness (QED) is 0.522. The summed E-state index contributed by atoms with van der Waals surface area (Å²) in [7, 11) is 0. The number of ether oxygens (including phenoxy) is 2. The highest BCUT2D eigenvalue weighted by atomic mass is 16.5. The number of amides is 1. The normalized spacial score (nSPS) is 15.0. The van der Waals surface area contributed by atoms with Crippen molar-refractivity contribution in [1.82, 2.24) is 0 Å². The van der Waals surface area contributed by atoms with Gasteiger partial charge in [0.1, 0.15) is 5.69 Å². The van der Waals surface area contributed by atoms with Crippen molar-refractivity contribution in [1.29, 1.82) is 0 Å². The minimum atomic E-state index is -0.921. The van der Waals surface area contributed by atoms with Gasteiger partial charge in [-0.2, -0.15) is 0 Å². The van der Waals surface area contributed by atoms with Crippen molar-refractivity contribution < 1.29 is 24.2 Å². The molecule has 7 nitrogen and oxygen atoms in total. The van der Waals surface area contributed by atoms with Crippen molar-refractivity contribution in [2.75, 3.05) is 18.5 Å². The maximum atomic E-state index is 11.4. The molecule has 4 N–H and O–H groups in total. The van der Waals surface area contributed by atoms with Crippen molar-refractivity contribution in [3.8, 4) is 11.5 Å². The second-order valence-corrected chi connectivity index (χ2v) is 4.04. The molecule has 0 fully saturated rings. The van der Waals surface area contributed by atoms with Gasteiger partial charge >= 0.3 is 5.97 Å². The number of aliphatic hydroxyl groups excluding tert-OH is 1. The molecule has 0 saturated carbocycles. The van der Waals surface area contributed by atoms with E-state index in [4.69, 9.17) is 15.2 Å². The molecule has 1 aromatic carbocycles. The number of fused-ring (bicyclic) bond motifs is 1. The lowest BCUT2D eigenvalue weighted by molar-refractivity contribution is -0.132. The Hall–Kier alpha value is -2.12. The molecule has 7 heteroatoms. The molecule has 0 radical (unpaired) electrons. The van der Waals surface area contributed by atoms with Gasteiger partial charge in [0.15, 0.2) is 18.1 Å². The van der Waals surface area contributed by atoms with Gasteiger partial charge in [-0.05, 0) is 12.1 Å². The van der Waals surface area contributed by atoms with Gasteiger partial charge in [-0.1, -0.05) is 0 Å². The maximum absolute atomic E-state index is 11.4. The zero-order valence-electron chi connectivity index (χ0n) is 10.3. The van der Waals surface area contributed by atoms with Crippen LogP contribution >= 0.6 is 0 Å². The summed E-state index contributed by atoms with van der Waals surface area (Å²) in [4.78, 5) is 22.4. The zero-order valence-corrected chi connectivity index (χ0v) is 10.3. The van der Waals surface area contributed by atoms with Crippen LogP contribution in [0, 0.1) is 0 Å². The highest BCUT2D eigenvalue weighted by Crippen LogP contribution is 2.42. The molecule has 0 aromatic heterocycles. The molecule has 1 amide bonds. The van der Waals surface area contributed by atoms with Gasteiger partial charge in [-0.3, -0.25) is 9.59 Å². The first-order valence-corrected chi connectivity index (χ1v) is 5.69. The number of nitrogens with two attached hydrogens (primary N) is 1. The molecular formula is C12H14N2O5. The van der Waals surface area contributed by atoms with E-state index in [0.29, 0.717) is 5.56 Å². The van der Waals surface area contributed by atoms with Gasteiger partial charge in [0.2, 0.25) is 0 Å². The monoisotopic (exact) mass is 266 g/mol. The molecule has 0 aliphatic carbocycles. The van der Waals surface area contributed by atoms with Crippen molar-refractivity contribution in [3.05, 3.63) is 17.7 Å². The number of esters is 1. The van der Waals surface area contributed by atoms with Crippen LogP contribution < -0.4 is 20.5 Å². The molecule has 2 rings (SSSR count). The van der Waals surface area contributed by atoms with Crippen LogP contribution in [0.3, 0.4) is 0 Å². The number of rotatable bonds is 3.